The van der Waals surface area contributed by atoms with E-state index in [1.165, 1.54) is 4.31 Å². The number of rotatable bonds is 5. The Kier molecular flexibility index (Phi) is 5.03. The molecule has 0 saturated carbocycles. The molecule has 1 aliphatic heterocycles. The van der Waals surface area contributed by atoms with E-state index < -0.39 is 10.2 Å². The lowest BCUT2D eigenvalue weighted by molar-refractivity contribution is 0.220. The molecule has 1 aliphatic rings. The molecule has 24 heavy (non-hydrogen) atoms. The van der Waals surface area contributed by atoms with Gasteiger partial charge in [0, 0.05) is 24.7 Å². The second-order valence-corrected chi connectivity index (χ2v) is 8.39. The van der Waals surface area contributed by atoms with E-state index in [1.54, 1.807) is 6.07 Å². The van der Waals surface area contributed by atoms with Gasteiger partial charge in [0.15, 0.2) is 5.76 Å². The van der Waals surface area contributed by atoms with E-state index in [4.69, 9.17) is 4.52 Å². The zero-order chi connectivity index (χ0) is 17.2. The number of benzene rings is 1. The Morgan fingerprint density at radius 1 is 1.21 bits per heavy atom. The summed E-state index contributed by atoms with van der Waals surface area (Å²) in [5, 5.41) is 3.95. The van der Waals surface area contributed by atoms with Crippen molar-refractivity contribution in [1.82, 2.24) is 14.2 Å². The molecule has 130 valence electrons. The molecule has 0 aliphatic carbocycles. The first-order valence-corrected chi connectivity index (χ1v) is 9.64. The van der Waals surface area contributed by atoms with Crippen LogP contribution in [-0.2, 0) is 16.8 Å². The van der Waals surface area contributed by atoms with Gasteiger partial charge in [-0.15, -0.1) is 0 Å². The second kappa shape index (κ2) is 7.04. The fourth-order valence-electron chi connectivity index (χ4n) is 3.19. The minimum Gasteiger partial charge on any atom is -0.356 e. The molecule has 1 aromatic heterocycles. The largest absolute Gasteiger partial charge is 0.356 e. The maximum Gasteiger partial charge on any atom is 0.279 e. The monoisotopic (exact) mass is 349 g/mol. The first-order valence-electron chi connectivity index (χ1n) is 8.20. The maximum atomic E-state index is 12.5. The van der Waals surface area contributed by atoms with E-state index in [9.17, 15) is 8.42 Å². The Hall–Kier alpha value is -1.70. The van der Waals surface area contributed by atoms with Crippen LogP contribution in [0.25, 0.3) is 11.3 Å². The fourth-order valence-corrected chi connectivity index (χ4v) is 4.61. The van der Waals surface area contributed by atoms with Crippen LogP contribution in [0, 0.1) is 11.8 Å². The molecule has 3 rings (SSSR count). The molecular formula is C17H23N3O3S. The highest BCUT2D eigenvalue weighted by atomic mass is 32.2. The van der Waals surface area contributed by atoms with Crippen molar-refractivity contribution in [3.05, 3.63) is 42.1 Å². The summed E-state index contributed by atoms with van der Waals surface area (Å²) in [4.78, 5) is 0. The van der Waals surface area contributed by atoms with Crippen molar-refractivity contribution in [2.24, 2.45) is 11.8 Å². The van der Waals surface area contributed by atoms with Gasteiger partial charge in [0.05, 0.1) is 12.2 Å². The molecule has 0 spiro atoms. The van der Waals surface area contributed by atoms with E-state index in [1.807, 2.05) is 30.3 Å². The normalized spacial score (nSPS) is 22.6. The lowest BCUT2D eigenvalue weighted by Crippen LogP contribution is -2.47. The van der Waals surface area contributed by atoms with Crippen LogP contribution < -0.4 is 4.72 Å². The summed E-state index contributed by atoms with van der Waals surface area (Å²) in [5.41, 5.74) is 1.48. The van der Waals surface area contributed by atoms with Crippen molar-refractivity contribution in [2.45, 2.75) is 26.8 Å². The van der Waals surface area contributed by atoms with E-state index in [0.717, 1.165) is 12.0 Å². The summed E-state index contributed by atoms with van der Waals surface area (Å²) in [7, 11) is -3.50. The molecule has 0 radical (unpaired) electrons. The highest BCUT2D eigenvalue weighted by molar-refractivity contribution is 7.87. The molecule has 7 heteroatoms. The summed E-state index contributed by atoms with van der Waals surface area (Å²) in [5.74, 6) is 1.38. The average molecular weight is 349 g/mol. The van der Waals surface area contributed by atoms with Crippen LogP contribution in [0.3, 0.4) is 0 Å². The van der Waals surface area contributed by atoms with Gasteiger partial charge in [0.2, 0.25) is 0 Å². The summed E-state index contributed by atoms with van der Waals surface area (Å²) >= 11 is 0. The van der Waals surface area contributed by atoms with Crippen molar-refractivity contribution in [2.75, 3.05) is 13.1 Å². The van der Waals surface area contributed by atoms with Crippen molar-refractivity contribution < 1.29 is 12.9 Å². The zero-order valence-corrected chi connectivity index (χ0v) is 14.8. The van der Waals surface area contributed by atoms with Crippen LogP contribution in [-0.4, -0.2) is 31.0 Å². The van der Waals surface area contributed by atoms with Crippen molar-refractivity contribution in [1.29, 1.82) is 0 Å². The van der Waals surface area contributed by atoms with Gasteiger partial charge in [-0.25, -0.2) is 0 Å². The third-order valence-corrected chi connectivity index (χ3v) is 5.72. The fraction of sp³-hybridized carbons (Fsp3) is 0.471. The number of hydrogen-bond donors (Lipinski definition) is 1. The molecule has 0 bridgehead atoms. The number of hydrogen-bond acceptors (Lipinski definition) is 4. The van der Waals surface area contributed by atoms with Crippen LogP contribution in [0.15, 0.2) is 40.9 Å². The van der Waals surface area contributed by atoms with Crippen LogP contribution in [0.1, 0.15) is 26.0 Å². The number of nitrogens with zero attached hydrogens (tertiary/aromatic N) is 2. The second-order valence-electron chi connectivity index (χ2n) is 6.64. The number of nitrogens with one attached hydrogen (secondary N) is 1. The molecule has 1 fully saturated rings. The van der Waals surface area contributed by atoms with Crippen LogP contribution in [0.5, 0.6) is 0 Å². The Balaban J connectivity index is 1.64. The van der Waals surface area contributed by atoms with Crippen LogP contribution in [0.4, 0.5) is 0 Å². The SMILES string of the molecule is CC1CC(C)CN(S(=O)(=O)NCc2cc(-c3ccccc3)on2)C1. The van der Waals surface area contributed by atoms with Crippen molar-refractivity contribution in [3.8, 4) is 11.3 Å². The minimum absolute atomic E-state index is 0.123. The Bertz CT molecular complexity index is 763. The average Bonchev–Trinajstić information content (AvgIpc) is 3.02. The van der Waals surface area contributed by atoms with E-state index in [-0.39, 0.29) is 6.54 Å². The predicted molar refractivity (Wildman–Crippen MR) is 92.2 cm³/mol. The van der Waals surface area contributed by atoms with Crippen LogP contribution >= 0.6 is 0 Å². The highest BCUT2D eigenvalue weighted by Crippen LogP contribution is 2.23. The quantitative estimate of drug-likeness (QED) is 0.900. The Morgan fingerprint density at radius 3 is 2.54 bits per heavy atom. The molecule has 6 nitrogen and oxygen atoms in total. The molecule has 0 amide bonds. The number of aromatic nitrogens is 1. The topological polar surface area (TPSA) is 75.4 Å². The smallest absolute Gasteiger partial charge is 0.279 e. The Morgan fingerprint density at radius 2 is 1.88 bits per heavy atom. The van der Waals surface area contributed by atoms with Crippen molar-refractivity contribution in [3.63, 3.8) is 0 Å². The Labute approximate surface area is 143 Å². The highest BCUT2D eigenvalue weighted by Gasteiger charge is 2.30. The predicted octanol–water partition coefficient (Wildman–Crippen LogP) is 2.65. The molecule has 1 N–H and O–H groups in total. The van der Waals surface area contributed by atoms with Gasteiger partial charge in [0.1, 0.15) is 0 Å². The standard InChI is InChI=1S/C17H23N3O3S/c1-13-8-14(2)12-20(11-13)24(21,22)18-10-16-9-17(23-19-16)15-6-4-3-5-7-15/h3-7,9,13-14,18H,8,10-12H2,1-2H3. The molecule has 2 aromatic rings. The summed E-state index contributed by atoms with van der Waals surface area (Å²) < 4.78 is 34.4. The molecule has 2 unspecified atom stereocenters. The third kappa shape index (κ3) is 4.03. The van der Waals surface area contributed by atoms with E-state index in [0.29, 0.717) is 36.4 Å². The summed E-state index contributed by atoms with van der Waals surface area (Å²) in [6, 6.07) is 11.4. The lowest BCUT2D eigenvalue weighted by Gasteiger charge is -2.33. The maximum absolute atomic E-state index is 12.5. The van der Waals surface area contributed by atoms with Gasteiger partial charge in [-0.3, -0.25) is 0 Å². The summed E-state index contributed by atoms with van der Waals surface area (Å²) in [6.07, 6.45) is 1.07. The minimum atomic E-state index is -3.50. The van der Waals surface area contributed by atoms with Gasteiger partial charge in [0.25, 0.3) is 10.2 Å². The molecular weight excluding hydrogens is 326 g/mol. The van der Waals surface area contributed by atoms with Gasteiger partial charge in [-0.05, 0) is 18.3 Å². The van der Waals surface area contributed by atoms with Crippen molar-refractivity contribution >= 4 is 10.2 Å². The van der Waals surface area contributed by atoms with E-state index in [2.05, 4.69) is 23.7 Å². The van der Waals surface area contributed by atoms with Crippen LogP contribution in [0.2, 0.25) is 0 Å². The summed E-state index contributed by atoms with van der Waals surface area (Å²) in [6.45, 7) is 5.42. The zero-order valence-electron chi connectivity index (χ0n) is 14.0. The van der Waals surface area contributed by atoms with Gasteiger partial charge in [-0.2, -0.15) is 17.4 Å². The molecule has 2 heterocycles. The number of piperidine rings is 1. The molecule has 2 atom stereocenters. The third-order valence-electron chi connectivity index (χ3n) is 4.23. The molecule has 1 saturated heterocycles. The molecule has 1 aromatic carbocycles. The van der Waals surface area contributed by atoms with Gasteiger partial charge < -0.3 is 4.52 Å². The first kappa shape index (κ1) is 17.1. The first-order chi connectivity index (χ1) is 11.4. The van der Waals surface area contributed by atoms with Gasteiger partial charge >= 0.3 is 0 Å². The lowest BCUT2D eigenvalue weighted by atomic mass is 9.94. The van der Waals surface area contributed by atoms with E-state index >= 15 is 0 Å². The van der Waals surface area contributed by atoms with Gasteiger partial charge in [-0.1, -0.05) is 49.3 Å².